The fourth-order valence-electron chi connectivity index (χ4n) is 3.03. The summed E-state index contributed by atoms with van der Waals surface area (Å²) in [6.45, 7) is 9.64. The van der Waals surface area contributed by atoms with E-state index in [0.717, 1.165) is 41.2 Å². The van der Waals surface area contributed by atoms with Crippen molar-refractivity contribution in [2.45, 2.75) is 27.3 Å². The maximum Gasteiger partial charge on any atom is 0.250 e. The molecule has 0 atom stereocenters. The van der Waals surface area contributed by atoms with Crippen LogP contribution in [0.4, 0.5) is 5.13 Å². The molecule has 0 fully saturated rings. The summed E-state index contributed by atoms with van der Waals surface area (Å²) in [4.78, 5) is 25.8. The van der Waals surface area contributed by atoms with Gasteiger partial charge in [0.15, 0.2) is 5.13 Å². The highest BCUT2D eigenvalue weighted by atomic mass is 32.1. The molecule has 3 rings (SSSR count). The quantitative estimate of drug-likeness (QED) is 0.548. The lowest BCUT2D eigenvalue weighted by molar-refractivity contribution is -0.119. The zero-order valence-corrected chi connectivity index (χ0v) is 17.6. The Morgan fingerprint density at radius 1 is 1.25 bits per heavy atom. The van der Waals surface area contributed by atoms with E-state index < -0.39 is 0 Å². The minimum Gasteiger partial charge on any atom is -0.494 e. The molecule has 1 amide bonds. The molecule has 0 saturated carbocycles. The van der Waals surface area contributed by atoms with Gasteiger partial charge in [0.05, 0.1) is 11.8 Å². The lowest BCUT2D eigenvalue weighted by atomic mass is 10.2. The van der Waals surface area contributed by atoms with Crippen molar-refractivity contribution in [1.29, 1.82) is 0 Å². The predicted molar refractivity (Wildman–Crippen MR) is 111 cm³/mol. The first-order valence-electron chi connectivity index (χ1n) is 9.36. The second-order valence-corrected chi connectivity index (χ2v) is 7.40. The summed E-state index contributed by atoms with van der Waals surface area (Å²) in [6.07, 6.45) is 2.98. The van der Waals surface area contributed by atoms with Crippen LogP contribution in [0.15, 0.2) is 24.8 Å². The molecule has 150 valence electrons. The smallest absolute Gasteiger partial charge is 0.250 e. The normalized spacial score (nSPS) is 11.3. The zero-order valence-electron chi connectivity index (χ0n) is 16.8. The lowest BCUT2D eigenvalue weighted by Crippen LogP contribution is -2.40. The van der Waals surface area contributed by atoms with E-state index in [0.29, 0.717) is 11.7 Å². The Balaban J connectivity index is 1.94. The Bertz CT molecular complexity index is 920. The van der Waals surface area contributed by atoms with Gasteiger partial charge in [0.1, 0.15) is 30.5 Å². The number of benzene rings is 1. The molecule has 0 N–H and O–H groups in total. The number of aryl methyl sites for hydroxylation is 1. The van der Waals surface area contributed by atoms with Crippen LogP contribution < -0.4 is 9.64 Å². The van der Waals surface area contributed by atoms with E-state index in [1.165, 1.54) is 22.3 Å². The molecule has 0 bridgehead atoms. The lowest BCUT2D eigenvalue weighted by Gasteiger charge is -2.24. The highest BCUT2D eigenvalue weighted by Crippen LogP contribution is 2.36. The maximum atomic E-state index is 13.1. The van der Waals surface area contributed by atoms with Crippen LogP contribution in [0, 0.1) is 6.92 Å². The average Bonchev–Trinajstić information content (AvgIpc) is 3.36. The first-order valence-corrected chi connectivity index (χ1v) is 10.2. The number of hydrogen-bond acceptors (Lipinski definition) is 7. The minimum absolute atomic E-state index is 0.0617. The summed E-state index contributed by atoms with van der Waals surface area (Å²) in [5.74, 6) is 0.656. The molecule has 0 spiro atoms. The van der Waals surface area contributed by atoms with E-state index in [1.807, 2.05) is 19.1 Å². The molecule has 0 unspecified atom stereocenters. The van der Waals surface area contributed by atoms with Crippen LogP contribution in [0.5, 0.6) is 5.75 Å². The average molecular weight is 403 g/mol. The van der Waals surface area contributed by atoms with Crippen LogP contribution in [-0.4, -0.2) is 63.8 Å². The van der Waals surface area contributed by atoms with Gasteiger partial charge in [0.25, 0.3) is 5.91 Å². The summed E-state index contributed by atoms with van der Waals surface area (Å²) in [6, 6.07) is 3.93. The number of thiazole rings is 1. The number of fused-ring (bicyclic) bond motifs is 1. The molecule has 0 radical (unpaired) electrons. The van der Waals surface area contributed by atoms with Crippen LogP contribution >= 0.6 is 11.3 Å². The SMILES string of the molecule is CCN(CC)CCN(C(=O)Cn1cncn1)c1nc2c(OC)ccc(C)c2s1. The largest absolute Gasteiger partial charge is 0.494 e. The van der Waals surface area contributed by atoms with Crippen molar-refractivity contribution in [2.24, 2.45) is 0 Å². The second-order valence-electron chi connectivity index (χ2n) is 6.42. The zero-order chi connectivity index (χ0) is 20.1. The minimum atomic E-state index is -0.0617. The molecule has 0 saturated heterocycles. The number of carbonyl (C=O) groups excluding carboxylic acids is 1. The number of nitrogens with zero attached hydrogens (tertiary/aromatic N) is 6. The number of likely N-dealkylation sites (N-methyl/N-ethyl adjacent to an activating group) is 1. The summed E-state index contributed by atoms with van der Waals surface area (Å²) in [5, 5.41) is 4.74. The highest BCUT2D eigenvalue weighted by Gasteiger charge is 2.22. The first kappa shape index (κ1) is 20.2. The third-order valence-electron chi connectivity index (χ3n) is 4.74. The third kappa shape index (κ3) is 4.31. The molecule has 2 heterocycles. The molecule has 0 aliphatic heterocycles. The van der Waals surface area contributed by atoms with Gasteiger partial charge in [0, 0.05) is 13.1 Å². The summed E-state index contributed by atoms with van der Waals surface area (Å²) >= 11 is 1.52. The van der Waals surface area contributed by atoms with Crippen molar-refractivity contribution in [3.05, 3.63) is 30.4 Å². The highest BCUT2D eigenvalue weighted by molar-refractivity contribution is 7.22. The van der Waals surface area contributed by atoms with E-state index in [2.05, 4.69) is 28.8 Å². The van der Waals surface area contributed by atoms with Crippen LogP contribution in [0.2, 0.25) is 0 Å². The Labute approximate surface area is 168 Å². The van der Waals surface area contributed by atoms with Gasteiger partial charge in [-0.3, -0.25) is 9.69 Å². The van der Waals surface area contributed by atoms with Crippen LogP contribution in [0.3, 0.4) is 0 Å². The number of amides is 1. The van der Waals surface area contributed by atoms with Gasteiger partial charge >= 0.3 is 0 Å². The van der Waals surface area contributed by atoms with Gasteiger partial charge < -0.3 is 9.64 Å². The van der Waals surface area contributed by atoms with Crippen LogP contribution in [0.1, 0.15) is 19.4 Å². The van der Waals surface area contributed by atoms with E-state index in [9.17, 15) is 4.79 Å². The predicted octanol–water partition coefficient (Wildman–Crippen LogP) is 2.58. The Morgan fingerprint density at radius 2 is 2.04 bits per heavy atom. The van der Waals surface area contributed by atoms with Crippen molar-refractivity contribution in [1.82, 2.24) is 24.6 Å². The first-order chi connectivity index (χ1) is 13.6. The van der Waals surface area contributed by atoms with Gasteiger partial charge in [-0.1, -0.05) is 31.3 Å². The van der Waals surface area contributed by atoms with Gasteiger partial charge in [-0.05, 0) is 31.6 Å². The van der Waals surface area contributed by atoms with Gasteiger partial charge in [0.2, 0.25) is 0 Å². The topological polar surface area (TPSA) is 76.4 Å². The van der Waals surface area contributed by atoms with Gasteiger partial charge in [-0.25, -0.2) is 14.6 Å². The molecule has 2 aromatic heterocycles. The van der Waals surface area contributed by atoms with Crippen molar-refractivity contribution in [2.75, 3.05) is 38.2 Å². The van der Waals surface area contributed by atoms with E-state index in [1.54, 1.807) is 18.3 Å². The second kappa shape index (κ2) is 9.11. The molecule has 0 aliphatic carbocycles. The molecule has 9 heteroatoms. The summed E-state index contributed by atoms with van der Waals surface area (Å²) < 4.78 is 8.04. The number of anilines is 1. The number of rotatable bonds is 9. The molecule has 3 aromatic rings. The summed E-state index contributed by atoms with van der Waals surface area (Å²) in [5.41, 5.74) is 1.91. The molecule has 28 heavy (non-hydrogen) atoms. The number of hydrogen-bond donors (Lipinski definition) is 0. The number of carbonyl (C=O) groups is 1. The maximum absolute atomic E-state index is 13.1. The summed E-state index contributed by atoms with van der Waals surface area (Å²) in [7, 11) is 1.64. The van der Waals surface area contributed by atoms with Gasteiger partial charge in [-0.15, -0.1) is 0 Å². The van der Waals surface area contributed by atoms with Crippen LogP contribution in [-0.2, 0) is 11.3 Å². The van der Waals surface area contributed by atoms with Crippen molar-refractivity contribution >= 4 is 32.6 Å². The molecular weight excluding hydrogens is 376 g/mol. The fourth-order valence-corrected chi connectivity index (χ4v) is 4.12. The third-order valence-corrected chi connectivity index (χ3v) is 5.96. The van der Waals surface area contributed by atoms with Crippen molar-refractivity contribution in [3.63, 3.8) is 0 Å². The van der Waals surface area contributed by atoms with Crippen LogP contribution in [0.25, 0.3) is 10.2 Å². The molecule has 0 aliphatic rings. The van der Waals surface area contributed by atoms with E-state index in [4.69, 9.17) is 9.72 Å². The molecular formula is C19H26N6O2S. The Hall–Kier alpha value is -2.52. The number of methoxy groups -OCH3 is 1. The van der Waals surface area contributed by atoms with Crippen molar-refractivity contribution in [3.8, 4) is 5.75 Å². The van der Waals surface area contributed by atoms with E-state index >= 15 is 0 Å². The van der Waals surface area contributed by atoms with Gasteiger partial charge in [-0.2, -0.15) is 5.10 Å². The van der Waals surface area contributed by atoms with E-state index in [-0.39, 0.29) is 12.5 Å². The number of ether oxygens (including phenoxy) is 1. The standard InChI is InChI=1S/C19H26N6O2S/c1-5-23(6-2)9-10-25(16(26)11-24-13-20-12-21-24)19-22-17-15(27-4)8-7-14(3)18(17)28-19/h7-8,12-13H,5-6,9-11H2,1-4H3. The molecule has 1 aromatic carbocycles. The fraction of sp³-hybridized carbons (Fsp3) is 0.474. The molecule has 8 nitrogen and oxygen atoms in total. The Morgan fingerprint density at radius 3 is 2.68 bits per heavy atom. The number of aromatic nitrogens is 4. The monoisotopic (exact) mass is 402 g/mol. The Kier molecular flexibility index (Phi) is 6.58. The van der Waals surface area contributed by atoms with Crippen molar-refractivity contribution < 1.29 is 9.53 Å².